The van der Waals surface area contributed by atoms with Crippen LogP contribution in [0.5, 0.6) is 0 Å². The Balaban J connectivity index is 2.10. The van der Waals surface area contributed by atoms with Crippen molar-refractivity contribution >= 4 is 29.2 Å². The molecule has 3 rings (SSSR count). The van der Waals surface area contributed by atoms with Crippen LogP contribution in [0.2, 0.25) is 0 Å². The zero-order chi connectivity index (χ0) is 20.4. The van der Waals surface area contributed by atoms with Gasteiger partial charge in [0.1, 0.15) is 11.7 Å². The van der Waals surface area contributed by atoms with Gasteiger partial charge in [-0.3, -0.25) is 14.9 Å². The van der Waals surface area contributed by atoms with Crippen LogP contribution in [-0.4, -0.2) is 22.1 Å². The van der Waals surface area contributed by atoms with E-state index in [0.29, 0.717) is 23.5 Å². The number of carbonyl (C=O) groups excluding carboxylic acids is 1. The highest BCUT2D eigenvalue weighted by Crippen LogP contribution is 2.39. The molecule has 0 saturated heterocycles. The van der Waals surface area contributed by atoms with Crippen LogP contribution in [0.1, 0.15) is 41.8 Å². The molecule has 1 aliphatic rings. The van der Waals surface area contributed by atoms with Crippen LogP contribution in [0.3, 0.4) is 0 Å². The molecule has 3 N–H and O–H groups in total. The Labute approximate surface area is 162 Å². The predicted octanol–water partition coefficient (Wildman–Crippen LogP) is 3.91. The molecule has 2 aromatic carbocycles. The van der Waals surface area contributed by atoms with E-state index in [2.05, 4.69) is 4.99 Å². The van der Waals surface area contributed by atoms with Gasteiger partial charge in [-0.15, -0.1) is 0 Å². The summed E-state index contributed by atoms with van der Waals surface area (Å²) >= 11 is 0. The highest BCUT2D eigenvalue weighted by Gasteiger charge is 2.30. The second-order valence-corrected chi connectivity index (χ2v) is 6.66. The van der Waals surface area contributed by atoms with E-state index >= 15 is 0 Å². The Kier molecular flexibility index (Phi) is 5.58. The van der Waals surface area contributed by atoms with Gasteiger partial charge in [0.05, 0.1) is 5.69 Å². The number of amidine groups is 1. The number of halogens is 1. The number of aryl methyl sites for hydroxylation is 2. The average Bonchev–Trinajstić information content (AvgIpc) is 2.67. The first kappa shape index (κ1) is 19.7. The first-order chi connectivity index (χ1) is 13.3. The maximum absolute atomic E-state index is 14.4. The second kappa shape index (κ2) is 7.92. The molecule has 0 saturated carbocycles. The van der Waals surface area contributed by atoms with Crippen LogP contribution in [0.25, 0.3) is 6.08 Å². The molecule has 0 aliphatic carbocycles. The molecule has 0 bridgehead atoms. The SMILES string of the molecule is CCC1=Nc2cc(F)c(/C=C/C(=O)NO)cc2C(O)N1c1ccc(C)cc1C. The summed E-state index contributed by atoms with van der Waals surface area (Å²) < 4.78 is 14.4. The number of amides is 1. The zero-order valence-corrected chi connectivity index (χ0v) is 15.9. The van der Waals surface area contributed by atoms with Crippen molar-refractivity contribution in [2.45, 2.75) is 33.4 Å². The maximum Gasteiger partial charge on any atom is 0.267 e. The first-order valence-electron chi connectivity index (χ1n) is 8.93. The largest absolute Gasteiger partial charge is 0.369 e. The van der Waals surface area contributed by atoms with Crippen LogP contribution in [0.4, 0.5) is 15.8 Å². The number of fused-ring (bicyclic) bond motifs is 1. The Morgan fingerprint density at radius 2 is 2.07 bits per heavy atom. The van der Waals surface area contributed by atoms with Gasteiger partial charge in [0.2, 0.25) is 0 Å². The quantitative estimate of drug-likeness (QED) is 0.424. The van der Waals surface area contributed by atoms with Gasteiger partial charge < -0.3 is 5.11 Å². The topological polar surface area (TPSA) is 85.2 Å². The van der Waals surface area contributed by atoms with Crippen molar-refractivity contribution in [3.63, 3.8) is 0 Å². The van der Waals surface area contributed by atoms with E-state index in [4.69, 9.17) is 5.21 Å². The van der Waals surface area contributed by atoms with Crippen LogP contribution >= 0.6 is 0 Å². The van der Waals surface area contributed by atoms with Crippen molar-refractivity contribution in [3.8, 4) is 0 Å². The molecular weight excluding hydrogens is 361 g/mol. The number of hydroxylamine groups is 1. The molecule has 1 heterocycles. The molecule has 2 aromatic rings. The lowest BCUT2D eigenvalue weighted by Gasteiger charge is -2.36. The zero-order valence-electron chi connectivity index (χ0n) is 15.9. The molecular formula is C21H22FN3O3. The van der Waals surface area contributed by atoms with E-state index in [-0.39, 0.29) is 5.56 Å². The third-order valence-corrected chi connectivity index (χ3v) is 4.65. The first-order valence-corrected chi connectivity index (χ1v) is 8.93. The molecule has 0 aromatic heterocycles. The van der Waals surface area contributed by atoms with Gasteiger partial charge in [-0.2, -0.15) is 0 Å². The summed E-state index contributed by atoms with van der Waals surface area (Å²) in [4.78, 5) is 17.5. The molecule has 0 fully saturated rings. The second-order valence-electron chi connectivity index (χ2n) is 6.66. The van der Waals surface area contributed by atoms with Gasteiger partial charge in [-0.05, 0) is 37.6 Å². The normalized spacial score (nSPS) is 16.1. The van der Waals surface area contributed by atoms with Gasteiger partial charge in [0, 0.05) is 35.4 Å². The molecule has 1 amide bonds. The molecule has 0 radical (unpaired) electrons. The van der Waals surface area contributed by atoms with E-state index in [0.717, 1.165) is 22.9 Å². The molecule has 28 heavy (non-hydrogen) atoms. The Bertz CT molecular complexity index is 985. The highest BCUT2D eigenvalue weighted by molar-refractivity contribution is 6.02. The van der Waals surface area contributed by atoms with Crippen LogP contribution in [0, 0.1) is 19.7 Å². The smallest absolute Gasteiger partial charge is 0.267 e. The van der Waals surface area contributed by atoms with Gasteiger partial charge in [-0.1, -0.05) is 24.6 Å². The van der Waals surface area contributed by atoms with Crippen molar-refractivity contribution in [1.82, 2.24) is 5.48 Å². The number of rotatable bonds is 4. The number of aliphatic hydroxyl groups is 1. The summed E-state index contributed by atoms with van der Waals surface area (Å²) in [5, 5.41) is 19.7. The minimum atomic E-state index is -1.05. The summed E-state index contributed by atoms with van der Waals surface area (Å²) in [6.45, 7) is 5.88. The Morgan fingerprint density at radius 1 is 1.32 bits per heavy atom. The summed E-state index contributed by atoms with van der Waals surface area (Å²) in [7, 11) is 0. The van der Waals surface area contributed by atoms with E-state index in [1.54, 1.807) is 4.90 Å². The van der Waals surface area contributed by atoms with Crippen molar-refractivity contribution < 1.29 is 19.5 Å². The minimum Gasteiger partial charge on any atom is -0.369 e. The van der Waals surface area contributed by atoms with E-state index < -0.39 is 18.0 Å². The molecule has 1 aliphatic heterocycles. The molecule has 1 atom stereocenters. The maximum atomic E-state index is 14.4. The molecule has 0 spiro atoms. The molecule has 7 heteroatoms. The lowest BCUT2D eigenvalue weighted by molar-refractivity contribution is -0.124. The number of nitrogens with one attached hydrogen (secondary N) is 1. The summed E-state index contributed by atoms with van der Waals surface area (Å²) in [5.41, 5.74) is 5.27. The number of aliphatic imine (C=N–C) groups is 1. The molecule has 6 nitrogen and oxygen atoms in total. The Morgan fingerprint density at radius 3 is 2.71 bits per heavy atom. The number of hydrogen-bond acceptors (Lipinski definition) is 5. The average molecular weight is 383 g/mol. The van der Waals surface area contributed by atoms with Gasteiger partial charge in [0.15, 0.2) is 6.23 Å². The number of benzene rings is 2. The predicted molar refractivity (Wildman–Crippen MR) is 106 cm³/mol. The third kappa shape index (κ3) is 3.67. The summed E-state index contributed by atoms with van der Waals surface area (Å²) in [5.74, 6) is -0.720. The lowest BCUT2D eigenvalue weighted by atomic mass is 10.0. The van der Waals surface area contributed by atoms with Gasteiger partial charge in [-0.25, -0.2) is 14.9 Å². The fourth-order valence-electron chi connectivity index (χ4n) is 3.30. The van der Waals surface area contributed by atoms with E-state index in [9.17, 15) is 14.3 Å². The molecule has 146 valence electrons. The van der Waals surface area contributed by atoms with Crippen LogP contribution < -0.4 is 10.4 Å². The van der Waals surface area contributed by atoms with E-state index in [1.165, 1.54) is 23.7 Å². The van der Waals surface area contributed by atoms with E-state index in [1.807, 2.05) is 39.0 Å². The minimum absolute atomic E-state index is 0.108. The van der Waals surface area contributed by atoms with Crippen molar-refractivity contribution in [3.05, 3.63) is 64.5 Å². The summed E-state index contributed by atoms with van der Waals surface area (Å²) in [6, 6.07) is 8.62. The van der Waals surface area contributed by atoms with Crippen molar-refractivity contribution in [2.75, 3.05) is 4.90 Å². The lowest BCUT2D eigenvalue weighted by Crippen LogP contribution is -2.37. The number of anilines is 1. The fraction of sp³-hybridized carbons (Fsp3) is 0.238. The van der Waals surface area contributed by atoms with Crippen molar-refractivity contribution in [2.24, 2.45) is 4.99 Å². The van der Waals surface area contributed by atoms with Crippen molar-refractivity contribution in [1.29, 1.82) is 0 Å². The van der Waals surface area contributed by atoms with Crippen LogP contribution in [-0.2, 0) is 4.79 Å². The summed E-state index contributed by atoms with van der Waals surface area (Å²) in [6.07, 6.45) is 1.74. The monoisotopic (exact) mass is 383 g/mol. The third-order valence-electron chi connectivity index (χ3n) is 4.65. The highest BCUT2D eigenvalue weighted by atomic mass is 19.1. The van der Waals surface area contributed by atoms with Crippen LogP contribution in [0.15, 0.2) is 41.4 Å². The van der Waals surface area contributed by atoms with Gasteiger partial charge >= 0.3 is 0 Å². The van der Waals surface area contributed by atoms with Gasteiger partial charge in [0.25, 0.3) is 5.91 Å². The Hall–Kier alpha value is -3.03. The number of hydrogen-bond donors (Lipinski definition) is 3. The number of aliphatic hydroxyl groups excluding tert-OH is 1. The number of carbonyl (C=O) groups is 1. The molecule has 1 unspecified atom stereocenters. The fourth-order valence-corrected chi connectivity index (χ4v) is 3.30. The number of nitrogens with zero attached hydrogens (tertiary/aromatic N) is 2. The standard InChI is InChI=1S/C21H22FN3O3/c1-4-19-23-17-11-16(22)14(6-8-20(26)24-28)10-15(17)21(27)25(19)18-7-5-12(2)9-13(18)3/h5-11,21,27-28H,4H2,1-3H3,(H,24,26)/b8-6+.